The maximum absolute atomic E-state index is 12.6. The molecule has 0 fully saturated rings. The molecule has 1 aliphatic rings. The number of allylic oxidation sites excluding steroid dienone is 1. The Bertz CT molecular complexity index is 1370. The predicted molar refractivity (Wildman–Crippen MR) is 134 cm³/mol. The summed E-state index contributed by atoms with van der Waals surface area (Å²) in [5.74, 6) is 0.734. The molecule has 0 bridgehead atoms. The van der Waals surface area contributed by atoms with Crippen LogP contribution in [0.3, 0.4) is 0 Å². The van der Waals surface area contributed by atoms with Crippen molar-refractivity contribution < 1.29 is 13.2 Å². The lowest BCUT2D eigenvalue weighted by Crippen LogP contribution is -2.23. The summed E-state index contributed by atoms with van der Waals surface area (Å²) in [7, 11) is -3.88. The van der Waals surface area contributed by atoms with Gasteiger partial charge in [0.25, 0.3) is 0 Å². The highest BCUT2D eigenvalue weighted by Crippen LogP contribution is 2.36. The highest BCUT2D eigenvalue weighted by atomic mass is 35.5. The standard InChI is InChI=1S/C23H16Cl4N2O3S/c24-17-5-6-22(19(25)10-17)33(30,31)29-11-14-7-20(26)23(21(27)8-14)32-18-9-15-3-1-2-4-16(15)12-28-13-18/h1-10,13,29H,11-12H2. The number of aliphatic imine (C=N–C) groups is 1. The van der Waals surface area contributed by atoms with Crippen LogP contribution in [0, 0.1) is 0 Å². The van der Waals surface area contributed by atoms with Crippen LogP contribution in [-0.4, -0.2) is 14.6 Å². The fourth-order valence-electron chi connectivity index (χ4n) is 3.18. The average Bonchev–Trinajstić information content (AvgIpc) is 2.96. The Labute approximate surface area is 211 Å². The minimum absolute atomic E-state index is 0.0229. The third-order valence-corrected chi connectivity index (χ3v) is 7.44. The van der Waals surface area contributed by atoms with Gasteiger partial charge in [-0.25, -0.2) is 13.1 Å². The van der Waals surface area contributed by atoms with Crippen molar-refractivity contribution in [3.05, 3.63) is 97.1 Å². The Kier molecular flexibility index (Phi) is 7.34. The molecule has 1 aliphatic heterocycles. The number of rotatable bonds is 6. The second-order valence-corrected chi connectivity index (χ2v) is 10.5. The fourth-order valence-corrected chi connectivity index (χ4v) is 5.58. The lowest BCUT2D eigenvalue weighted by atomic mass is 10.1. The maximum Gasteiger partial charge on any atom is 0.242 e. The minimum atomic E-state index is -3.88. The first-order valence-electron chi connectivity index (χ1n) is 9.63. The lowest BCUT2D eigenvalue weighted by Gasteiger charge is -2.13. The SMILES string of the molecule is O=S(=O)(NCc1cc(Cl)c(OC2=Cc3ccccc3CN=C2)c(Cl)c1)c1ccc(Cl)cc1Cl. The van der Waals surface area contributed by atoms with Crippen LogP contribution in [-0.2, 0) is 23.1 Å². The largest absolute Gasteiger partial charge is 0.453 e. The third kappa shape index (κ3) is 5.72. The third-order valence-electron chi connectivity index (χ3n) is 4.76. The van der Waals surface area contributed by atoms with E-state index < -0.39 is 10.0 Å². The number of benzene rings is 3. The van der Waals surface area contributed by atoms with Crippen molar-refractivity contribution in [2.24, 2.45) is 4.99 Å². The number of nitrogens with zero attached hydrogens (tertiary/aromatic N) is 1. The van der Waals surface area contributed by atoms with Crippen LogP contribution in [0.4, 0.5) is 0 Å². The first-order valence-corrected chi connectivity index (χ1v) is 12.6. The molecule has 0 unspecified atom stereocenters. The van der Waals surface area contributed by atoms with Gasteiger partial charge in [0.15, 0.2) is 5.75 Å². The Morgan fingerprint density at radius 2 is 1.67 bits per heavy atom. The molecule has 5 nitrogen and oxygen atoms in total. The van der Waals surface area contributed by atoms with Crippen LogP contribution >= 0.6 is 46.4 Å². The molecule has 10 heteroatoms. The molecule has 0 saturated heterocycles. The van der Waals surface area contributed by atoms with Gasteiger partial charge in [-0.1, -0.05) is 70.7 Å². The Morgan fingerprint density at radius 1 is 0.939 bits per heavy atom. The van der Waals surface area contributed by atoms with E-state index in [0.717, 1.165) is 11.1 Å². The van der Waals surface area contributed by atoms with Gasteiger partial charge >= 0.3 is 0 Å². The molecule has 0 aromatic heterocycles. The Balaban J connectivity index is 1.52. The molecule has 0 saturated carbocycles. The molecule has 4 rings (SSSR count). The predicted octanol–water partition coefficient (Wildman–Crippen LogP) is 6.78. The van der Waals surface area contributed by atoms with Crippen LogP contribution in [0.1, 0.15) is 16.7 Å². The number of ether oxygens (including phenoxy) is 1. The van der Waals surface area contributed by atoms with E-state index in [1.54, 1.807) is 18.3 Å². The zero-order valence-corrected chi connectivity index (χ0v) is 20.7. The van der Waals surface area contributed by atoms with E-state index in [9.17, 15) is 8.42 Å². The van der Waals surface area contributed by atoms with E-state index in [1.165, 1.54) is 18.2 Å². The summed E-state index contributed by atoms with van der Waals surface area (Å²) in [6.07, 6.45) is 3.47. The van der Waals surface area contributed by atoms with E-state index in [2.05, 4.69) is 9.71 Å². The average molecular weight is 542 g/mol. The van der Waals surface area contributed by atoms with Crippen LogP contribution in [0.25, 0.3) is 6.08 Å². The second kappa shape index (κ2) is 10.1. The van der Waals surface area contributed by atoms with Crippen molar-refractivity contribution in [3.8, 4) is 5.75 Å². The molecular formula is C23H16Cl4N2O3S. The number of nitrogens with one attached hydrogen (secondary N) is 1. The van der Waals surface area contributed by atoms with Gasteiger partial charge in [0.1, 0.15) is 10.7 Å². The molecule has 33 heavy (non-hydrogen) atoms. The summed E-state index contributed by atoms with van der Waals surface area (Å²) < 4.78 is 33.6. The summed E-state index contributed by atoms with van der Waals surface area (Å²) in [4.78, 5) is 4.29. The highest BCUT2D eigenvalue weighted by molar-refractivity contribution is 7.89. The van der Waals surface area contributed by atoms with E-state index in [-0.39, 0.29) is 32.3 Å². The van der Waals surface area contributed by atoms with Crippen LogP contribution in [0.2, 0.25) is 20.1 Å². The molecule has 3 aromatic rings. The first kappa shape index (κ1) is 24.1. The molecule has 170 valence electrons. The number of fused-ring (bicyclic) bond motifs is 1. The van der Waals surface area contributed by atoms with Crippen molar-refractivity contribution in [2.45, 2.75) is 18.0 Å². The lowest BCUT2D eigenvalue weighted by molar-refractivity contribution is 0.462. The number of hydrogen-bond donors (Lipinski definition) is 1. The number of hydrogen-bond acceptors (Lipinski definition) is 4. The van der Waals surface area contributed by atoms with Crippen molar-refractivity contribution in [3.63, 3.8) is 0 Å². The highest BCUT2D eigenvalue weighted by Gasteiger charge is 2.19. The van der Waals surface area contributed by atoms with E-state index in [1.807, 2.05) is 30.3 Å². The van der Waals surface area contributed by atoms with E-state index in [0.29, 0.717) is 22.9 Å². The second-order valence-electron chi connectivity index (χ2n) is 7.11. The van der Waals surface area contributed by atoms with Gasteiger partial charge in [-0.2, -0.15) is 0 Å². The van der Waals surface area contributed by atoms with Gasteiger partial charge in [0, 0.05) is 11.6 Å². The van der Waals surface area contributed by atoms with Crippen LogP contribution in [0.5, 0.6) is 5.75 Å². The number of halogens is 4. The van der Waals surface area contributed by atoms with Crippen LogP contribution in [0.15, 0.2) is 70.2 Å². The topological polar surface area (TPSA) is 67.8 Å². The van der Waals surface area contributed by atoms with Crippen molar-refractivity contribution in [1.29, 1.82) is 0 Å². The fraction of sp³-hybridized carbons (Fsp3) is 0.0870. The number of sulfonamides is 1. The molecule has 1 N–H and O–H groups in total. The molecule has 0 aliphatic carbocycles. The van der Waals surface area contributed by atoms with Gasteiger partial charge in [0.05, 0.1) is 27.8 Å². The Hall–Kier alpha value is -2.06. The van der Waals surface area contributed by atoms with Gasteiger partial charge < -0.3 is 4.74 Å². The summed E-state index contributed by atoms with van der Waals surface area (Å²) in [6, 6.07) is 15.2. The smallest absolute Gasteiger partial charge is 0.242 e. The van der Waals surface area contributed by atoms with Gasteiger partial charge in [-0.05, 0) is 53.1 Å². The van der Waals surface area contributed by atoms with E-state index >= 15 is 0 Å². The summed E-state index contributed by atoms with van der Waals surface area (Å²) in [6.45, 7) is 0.482. The van der Waals surface area contributed by atoms with E-state index in [4.69, 9.17) is 51.1 Å². The maximum atomic E-state index is 12.6. The molecular weight excluding hydrogens is 526 g/mol. The van der Waals surface area contributed by atoms with Crippen LogP contribution < -0.4 is 9.46 Å². The zero-order chi connectivity index (χ0) is 23.6. The monoisotopic (exact) mass is 540 g/mol. The molecule has 0 atom stereocenters. The van der Waals surface area contributed by atoms with Gasteiger partial charge in [-0.15, -0.1) is 0 Å². The summed E-state index contributed by atoms with van der Waals surface area (Å²) in [5.41, 5.74) is 2.61. The molecule has 3 aromatic carbocycles. The molecule has 0 radical (unpaired) electrons. The van der Waals surface area contributed by atoms with Crippen molar-refractivity contribution in [2.75, 3.05) is 0 Å². The quantitative estimate of drug-likeness (QED) is 0.374. The molecule has 0 amide bonds. The first-order chi connectivity index (χ1) is 15.7. The normalized spacial score (nSPS) is 13.3. The zero-order valence-electron chi connectivity index (χ0n) is 16.9. The van der Waals surface area contributed by atoms with Gasteiger partial charge in [-0.3, -0.25) is 4.99 Å². The van der Waals surface area contributed by atoms with Gasteiger partial charge in [0.2, 0.25) is 10.0 Å². The van der Waals surface area contributed by atoms with Crippen molar-refractivity contribution in [1.82, 2.24) is 4.72 Å². The Morgan fingerprint density at radius 3 is 2.39 bits per heavy atom. The van der Waals surface area contributed by atoms with Crippen molar-refractivity contribution >= 4 is 68.7 Å². The molecule has 1 heterocycles. The molecule has 0 spiro atoms. The summed E-state index contributed by atoms with van der Waals surface area (Å²) in [5, 5.41) is 0.821. The summed E-state index contributed by atoms with van der Waals surface area (Å²) >= 11 is 24.7. The minimum Gasteiger partial charge on any atom is -0.453 e.